The van der Waals surface area contributed by atoms with Crippen LogP contribution in [0, 0.1) is 12.8 Å². The molecule has 7 nitrogen and oxygen atoms in total. The van der Waals surface area contributed by atoms with Crippen LogP contribution in [0.25, 0.3) is 0 Å². The summed E-state index contributed by atoms with van der Waals surface area (Å²) >= 11 is 1.43. The lowest BCUT2D eigenvalue weighted by Crippen LogP contribution is -2.30. The molecule has 0 spiro atoms. The van der Waals surface area contributed by atoms with Crippen LogP contribution < -0.4 is 21.1 Å². The van der Waals surface area contributed by atoms with E-state index < -0.39 is 12.0 Å². The van der Waals surface area contributed by atoms with Crippen LogP contribution in [0.4, 0.5) is 10.7 Å². The minimum atomic E-state index is -0.729. The standard InChI is InChI=1S/C27H29N3O4S/c1-15-8-13-20-22(14-15)35-27(23(20)24(28)31)30-26(33)18-9-11-19(12-10-18)34-17(3)25(32)29-21-7-5-4-6-16(21)2/h4-7,9-12,15,17H,8,13-14H2,1-3H3,(H2,28,31)(H,29,32)(H,30,33)/t15-,17+/m0/s1. The third kappa shape index (κ3) is 5.54. The van der Waals surface area contributed by atoms with Crippen LogP contribution >= 0.6 is 11.3 Å². The van der Waals surface area contributed by atoms with E-state index in [0.29, 0.717) is 27.8 Å². The number of amides is 3. The van der Waals surface area contributed by atoms with E-state index in [9.17, 15) is 14.4 Å². The molecule has 0 bridgehead atoms. The Balaban J connectivity index is 1.41. The third-order valence-electron chi connectivity index (χ3n) is 6.19. The van der Waals surface area contributed by atoms with Gasteiger partial charge in [-0.1, -0.05) is 25.1 Å². The number of primary amides is 1. The van der Waals surface area contributed by atoms with Gasteiger partial charge in [0.2, 0.25) is 0 Å². The van der Waals surface area contributed by atoms with E-state index >= 15 is 0 Å². The fourth-order valence-electron chi connectivity index (χ4n) is 4.16. The number of fused-ring (bicyclic) bond motifs is 1. The molecule has 0 saturated carbocycles. The van der Waals surface area contributed by atoms with Crippen molar-refractivity contribution in [3.05, 3.63) is 75.7 Å². The number of benzene rings is 2. The molecular weight excluding hydrogens is 462 g/mol. The molecule has 4 rings (SSSR count). The van der Waals surface area contributed by atoms with Gasteiger partial charge in [0, 0.05) is 16.1 Å². The molecule has 1 aliphatic carbocycles. The van der Waals surface area contributed by atoms with E-state index in [2.05, 4.69) is 17.6 Å². The molecule has 35 heavy (non-hydrogen) atoms. The minimum Gasteiger partial charge on any atom is -0.481 e. The molecule has 4 N–H and O–H groups in total. The molecule has 8 heteroatoms. The van der Waals surface area contributed by atoms with Gasteiger partial charge in [-0.2, -0.15) is 0 Å². The number of thiophene rings is 1. The summed E-state index contributed by atoms with van der Waals surface area (Å²) in [6.45, 7) is 5.77. The van der Waals surface area contributed by atoms with Crippen molar-refractivity contribution >= 4 is 39.7 Å². The minimum absolute atomic E-state index is 0.268. The number of aryl methyl sites for hydroxylation is 1. The second-order valence-electron chi connectivity index (χ2n) is 8.96. The number of rotatable bonds is 7. The molecule has 0 saturated heterocycles. The van der Waals surface area contributed by atoms with Crippen molar-refractivity contribution in [2.45, 2.75) is 46.1 Å². The Morgan fingerprint density at radius 2 is 1.80 bits per heavy atom. The lowest BCUT2D eigenvalue weighted by Gasteiger charge is -2.18. The first-order chi connectivity index (χ1) is 16.7. The molecular formula is C27H29N3O4S. The second kappa shape index (κ2) is 10.3. The Bertz CT molecular complexity index is 1270. The summed E-state index contributed by atoms with van der Waals surface area (Å²) in [7, 11) is 0. The largest absolute Gasteiger partial charge is 0.481 e. The van der Waals surface area contributed by atoms with Crippen molar-refractivity contribution < 1.29 is 19.1 Å². The summed E-state index contributed by atoms with van der Waals surface area (Å²) in [5.74, 6) is -0.118. The van der Waals surface area contributed by atoms with Crippen molar-refractivity contribution in [1.29, 1.82) is 0 Å². The van der Waals surface area contributed by atoms with Crippen molar-refractivity contribution in [2.75, 3.05) is 10.6 Å². The van der Waals surface area contributed by atoms with Gasteiger partial charge in [0.25, 0.3) is 17.7 Å². The molecule has 2 aromatic carbocycles. The average Bonchev–Trinajstić information content (AvgIpc) is 3.17. The molecule has 0 unspecified atom stereocenters. The van der Waals surface area contributed by atoms with E-state index in [0.717, 1.165) is 41.0 Å². The fourth-order valence-corrected chi connectivity index (χ4v) is 5.58. The van der Waals surface area contributed by atoms with Crippen LogP contribution in [0.1, 0.15) is 57.0 Å². The smallest absolute Gasteiger partial charge is 0.265 e. The van der Waals surface area contributed by atoms with Gasteiger partial charge in [-0.05, 0) is 80.5 Å². The van der Waals surface area contributed by atoms with Gasteiger partial charge in [-0.25, -0.2) is 0 Å². The number of nitrogens with two attached hydrogens (primary N) is 1. The summed E-state index contributed by atoms with van der Waals surface area (Å²) in [5.41, 5.74) is 9.15. The lowest BCUT2D eigenvalue weighted by atomic mass is 9.88. The fraction of sp³-hybridized carbons (Fsp3) is 0.296. The highest BCUT2D eigenvalue weighted by molar-refractivity contribution is 7.17. The van der Waals surface area contributed by atoms with Gasteiger partial charge in [0.05, 0.1) is 5.56 Å². The van der Waals surface area contributed by atoms with Gasteiger partial charge in [0.15, 0.2) is 6.10 Å². The normalized spacial score (nSPS) is 15.6. The maximum atomic E-state index is 12.9. The number of carbonyl (C=O) groups excluding carboxylic acids is 3. The summed E-state index contributed by atoms with van der Waals surface area (Å²) in [6.07, 6.45) is 1.95. The quantitative estimate of drug-likeness (QED) is 0.435. The third-order valence-corrected chi connectivity index (χ3v) is 7.36. The van der Waals surface area contributed by atoms with Gasteiger partial charge in [0.1, 0.15) is 10.8 Å². The van der Waals surface area contributed by atoms with Crippen LogP contribution in [0.2, 0.25) is 0 Å². The maximum Gasteiger partial charge on any atom is 0.265 e. The summed E-state index contributed by atoms with van der Waals surface area (Å²) in [4.78, 5) is 38.6. The Labute approximate surface area is 208 Å². The SMILES string of the molecule is Cc1ccccc1NC(=O)[C@@H](C)Oc1ccc(C(=O)Nc2sc3c(c2C(N)=O)CC[C@H](C)C3)cc1. The van der Waals surface area contributed by atoms with Crippen molar-refractivity contribution in [2.24, 2.45) is 11.7 Å². The Morgan fingerprint density at radius 3 is 2.49 bits per heavy atom. The number of hydrogen-bond donors (Lipinski definition) is 3. The first-order valence-corrected chi connectivity index (χ1v) is 12.4. The topological polar surface area (TPSA) is 111 Å². The number of para-hydroxylation sites is 1. The van der Waals surface area contributed by atoms with Crippen molar-refractivity contribution in [1.82, 2.24) is 0 Å². The number of ether oxygens (including phenoxy) is 1. The molecule has 3 amide bonds. The predicted molar refractivity (Wildman–Crippen MR) is 138 cm³/mol. The van der Waals surface area contributed by atoms with Crippen LogP contribution in [0.15, 0.2) is 48.5 Å². The van der Waals surface area contributed by atoms with Crippen LogP contribution in [0.3, 0.4) is 0 Å². The van der Waals surface area contributed by atoms with Crippen LogP contribution in [-0.4, -0.2) is 23.8 Å². The van der Waals surface area contributed by atoms with E-state index in [-0.39, 0.29) is 11.8 Å². The Morgan fingerprint density at radius 1 is 1.09 bits per heavy atom. The van der Waals surface area contributed by atoms with Gasteiger partial charge in [-0.15, -0.1) is 11.3 Å². The summed E-state index contributed by atoms with van der Waals surface area (Å²) in [6, 6.07) is 14.0. The van der Waals surface area contributed by atoms with E-state index in [4.69, 9.17) is 10.5 Å². The molecule has 182 valence electrons. The zero-order chi connectivity index (χ0) is 25.1. The molecule has 1 aliphatic rings. The molecule has 0 radical (unpaired) electrons. The van der Waals surface area contributed by atoms with Crippen molar-refractivity contribution in [3.63, 3.8) is 0 Å². The van der Waals surface area contributed by atoms with E-state index in [1.165, 1.54) is 11.3 Å². The molecule has 3 aromatic rings. The zero-order valence-electron chi connectivity index (χ0n) is 20.0. The monoisotopic (exact) mass is 491 g/mol. The molecule has 1 aromatic heterocycles. The van der Waals surface area contributed by atoms with Crippen LogP contribution in [0.5, 0.6) is 5.75 Å². The Hall–Kier alpha value is -3.65. The molecule has 0 fully saturated rings. The number of carbonyl (C=O) groups is 3. The number of hydrogen-bond acceptors (Lipinski definition) is 5. The average molecular weight is 492 g/mol. The van der Waals surface area contributed by atoms with Gasteiger partial charge >= 0.3 is 0 Å². The second-order valence-corrected chi connectivity index (χ2v) is 10.1. The molecule has 0 aliphatic heterocycles. The first kappa shape index (κ1) is 24.5. The van der Waals surface area contributed by atoms with Gasteiger partial charge < -0.3 is 21.1 Å². The zero-order valence-corrected chi connectivity index (χ0v) is 20.8. The van der Waals surface area contributed by atoms with E-state index in [1.54, 1.807) is 31.2 Å². The Kier molecular flexibility index (Phi) is 7.21. The van der Waals surface area contributed by atoms with E-state index in [1.807, 2.05) is 31.2 Å². The van der Waals surface area contributed by atoms with Crippen LogP contribution in [-0.2, 0) is 17.6 Å². The number of anilines is 2. The highest BCUT2D eigenvalue weighted by Crippen LogP contribution is 2.39. The molecule has 2 atom stereocenters. The predicted octanol–water partition coefficient (Wildman–Crippen LogP) is 4.94. The maximum absolute atomic E-state index is 12.9. The first-order valence-electron chi connectivity index (χ1n) is 11.6. The highest BCUT2D eigenvalue weighted by atomic mass is 32.1. The lowest BCUT2D eigenvalue weighted by molar-refractivity contribution is -0.122. The summed E-state index contributed by atoms with van der Waals surface area (Å²) in [5, 5.41) is 6.23. The highest BCUT2D eigenvalue weighted by Gasteiger charge is 2.27. The molecule has 1 heterocycles. The number of nitrogens with one attached hydrogen (secondary N) is 2. The van der Waals surface area contributed by atoms with Gasteiger partial charge in [-0.3, -0.25) is 14.4 Å². The van der Waals surface area contributed by atoms with Crippen molar-refractivity contribution in [3.8, 4) is 5.75 Å². The summed E-state index contributed by atoms with van der Waals surface area (Å²) < 4.78 is 5.75.